The normalized spacial score (nSPS) is 15.2. The summed E-state index contributed by atoms with van der Waals surface area (Å²) in [5.41, 5.74) is 0.471. The van der Waals surface area contributed by atoms with Crippen LogP contribution in [0.3, 0.4) is 0 Å². The molecular formula is C16H21ClFNOS2. The predicted octanol–water partition coefficient (Wildman–Crippen LogP) is 4.50. The summed E-state index contributed by atoms with van der Waals surface area (Å²) in [5.74, 6) is 1.41. The summed E-state index contributed by atoms with van der Waals surface area (Å²) in [5, 5.41) is 4.12. The van der Waals surface area contributed by atoms with E-state index in [1.807, 2.05) is 11.8 Å². The van der Waals surface area contributed by atoms with Crippen molar-refractivity contribution in [3.63, 3.8) is 0 Å². The van der Waals surface area contributed by atoms with E-state index in [9.17, 15) is 9.18 Å². The largest absolute Gasteiger partial charge is 0.355 e. The van der Waals surface area contributed by atoms with Gasteiger partial charge < -0.3 is 5.32 Å². The lowest BCUT2D eigenvalue weighted by atomic mass is 10.2. The Labute approximate surface area is 145 Å². The number of halogens is 2. The van der Waals surface area contributed by atoms with Crippen molar-refractivity contribution < 1.29 is 9.18 Å². The molecule has 0 atom stereocenters. The molecule has 0 spiro atoms. The van der Waals surface area contributed by atoms with Gasteiger partial charge in [0, 0.05) is 33.9 Å². The minimum Gasteiger partial charge on any atom is -0.355 e. The van der Waals surface area contributed by atoms with Crippen molar-refractivity contribution in [2.24, 2.45) is 0 Å². The van der Waals surface area contributed by atoms with Crippen LogP contribution in [0.5, 0.6) is 0 Å². The highest BCUT2D eigenvalue weighted by Crippen LogP contribution is 2.29. The van der Waals surface area contributed by atoms with E-state index in [1.54, 1.807) is 12.1 Å². The van der Waals surface area contributed by atoms with Crippen LogP contribution in [0.4, 0.5) is 4.39 Å². The molecule has 0 aliphatic heterocycles. The Morgan fingerprint density at radius 3 is 2.86 bits per heavy atom. The predicted molar refractivity (Wildman–Crippen MR) is 95.3 cm³/mol. The Kier molecular flexibility index (Phi) is 7.90. The summed E-state index contributed by atoms with van der Waals surface area (Å²) in [4.78, 5) is 11.7. The maximum atomic E-state index is 13.6. The molecule has 1 fully saturated rings. The maximum absolute atomic E-state index is 13.6. The standard InChI is InChI=1S/C16H21ClFNOS2/c17-14-6-3-7-15(18)13(14)10-21-11-16(20)19-8-9-22-12-4-1-2-5-12/h3,6-7,12H,1-2,4-5,8-11H2,(H,19,20). The lowest BCUT2D eigenvalue weighted by Gasteiger charge is -2.09. The van der Waals surface area contributed by atoms with Crippen LogP contribution >= 0.6 is 35.1 Å². The number of carbonyl (C=O) groups excluding carboxylic acids is 1. The SMILES string of the molecule is O=C(CSCc1c(F)cccc1Cl)NCCSC1CCCC1. The Balaban J connectivity index is 1.57. The number of amides is 1. The number of nitrogens with one attached hydrogen (secondary N) is 1. The lowest BCUT2D eigenvalue weighted by Crippen LogP contribution is -2.27. The third-order valence-corrected chi connectivity index (χ3v) is 6.32. The average Bonchev–Trinajstić information content (AvgIpc) is 3.00. The average molecular weight is 362 g/mol. The van der Waals surface area contributed by atoms with Crippen LogP contribution in [0, 0.1) is 5.82 Å². The Morgan fingerprint density at radius 2 is 2.14 bits per heavy atom. The van der Waals surface area contributed by atoms with Crippen molar-refractivity contribution in [3.05, 3.63) is 34.6 Å². The minimum absolute atomic E-state index is 0.00415. The fourth-order valence-corrected chi connectivity index (χ4v) is 4.85. The summed E-state index contributed by atoms with van der Waals surface area (Å²) < 4.78 is 13.6. The second-order valence-corrected chi connectivity index (χ2v) is 8.12. The van der Waals surface area contributed by atoms with Crippen molar-refractivity contribution >= 4 is 41.0 Å². The summed E-state index contributed by atoms with van der Waals surface area (Å²) in [7, 11) is 0. The van der Waals surface area contributed by atoms with Crippen molar-refractivity contribution in [1.82, 2.24) is 5.32 Å². The number of rotatable bonds is 8. The van der Waals surface area contributed by atoms with E-state index >= 15 is 0 Å². The van der Waals surface area contributed by atoms with E-state index in [1.165, 1.54) is 43.5 Å². The zero-order valence-electron chi connectivity index (χ0n) is 12.4. The molecule has 1 aromatic rings. The molecule has 0 aromatic heterocycles. The number of hydrogen-bond acceptors (Lipinski definition) is 3. The molecule has 1 aromatic carbocycles. The van der Waals surface area contributed by atoms with Gasteiger partial charge in [0.15, 0.2) is 0 Å². The van der Waals surface area contributed by atoms with Crippen molar-refractivity contribution in [1.29, 1.82) is 0 Å². The fourth-order valence-electron chi connectivity index (χ4n) is 2.44. The molecule has 0 unspecified atom stereocenters. The Hall–Kier alpha value is -0.390. The van der Waals surface area contributed by atoms with Crippen molar-refractivity contribution in [2.75, 3.05) is 18.1 Å². The fraction of sp³-hybridized carbons (Fsp3) is 0.562. The van der Waals surface area contributed by atoms with Crippen molar-refractivity contribution in [2.45, 2.75) is 36.7 Å². The van der Waals surface area contributed by atoms with E-state index in [0.717, 1.165) is 11.0 Å². The van der Waals surface area contributed by atoms with Gasteiger partial charge in [-0.2, -0.15) is 11.8 Å². The van der Waals surface area contributed by atoms with Gasteiger partial charge in [0.05, 0.1) is 5.75 Å². The number of hydrogen-bond donors (Lipinski definition) is 1. The third kappa shape index (κ3) is 6.01. The summed E-state index contributed by atoms with van der Waals surface area (Å²) in [6.07, 6.45) is 5.33. The molecule has 0 bridgehead atoms. The molecule has 1 amide bonds. The maximum Gasteiger partial charge on any atom is 0.230 e. The van der Waals surface area contributed by atoms with E-state index < -0.39 is 0 Å². The summed E-state index contributed by atoms with van der Waals surface area (Å²) in [6.45, 7) is 0.709. The van der Waals surface area contributed by atoms with Crippen LogP contribution in [-0.4, -0.2) is 29.2 Å². The number of benzene rings is 1. The molecule has 122 valence electrons. The topological polar surface area (TPSA) is 29.1 Å². The molecule has 1 aliphatic rings. The Morgan fingerprint density at radius 1 is 1.36 bits per heavy atom. The first-order valence-electron chi connectivity index (χ1n) is 7.55. The van der Waals surface area contributed by atoms with Gasteiger partial charge in [0.1, 0.15) is 5.82 Å². The van der Waals surface area contributed by atoms with E-state index in [4.69, 9.17) is 11.6 Å². The van der Waals surface area contributed by atoms with Gasteiger partial charge in [0.2, 0.25) is 5.91 Å². The first-order chi connectivity index (χ1) is 10.7. The van der Waals surface area contributed by atoms with Crippen LogP contribution < -0.4 is 5.32 Å². The lowest BCUT2D eigenvalue weighted by molar-refractivity contribution is -0.118. The van der Waals surface area contributed by atoms with Gasteiger partial charge in [-0.25, -0.2) is 4.39 Å². The molecule has 0 heterocycles. The van der Waals surface area contributed by atoms with Gasteiger partial charge in [-0.15, -0.1) is 11.8 Å². The van der Waals surface area contributed by atoms with Gasteiger partial charge >= 0.3 is 0 Å². The zero-order valence-corrected chi connectivity index (χ0v) is 14.8. The highest BCUT2D eigenvalue weighted by Gasteiger charge is 2.14. The van der Waals surface area contributed by atoms with Crippen LogP contribution in [0.25, 0.3) is 0 Å². The molecule has 2 rings (SSSR count). The molecule has 6 heteroatoms. The van der Waals surface area contributed by atoms with E-state index in [0.29, 0.717) is 28.6 Å². The van der Waals surface area contributed by atoms with Crippen molar-refractivity contribution in [3.8, 4) is 0 Å². The second-order valence-electron chi connectivity index (χ2n) is 5.32. The summed E-state index contributed by atoms with van der Waals surface area (Å²) >= 11 is 9.30. The first kappa shape index (κ1) is 18.0. The molecule has 0 radical (unpaired) electrons. The zero-order chi connectivity index (χ0) is 15.8. The second kappa shape index (κ2) is 9.68. The third-order valence-electron chi connectivity index (χ3n) is 3.62. The highest BCUT2D eigenvalue weighted by molar-refractivity contribution is 8.00. The molecule has 1 N–H and O–H groups in total. The van der Waals surface area contributed by atoms with Crippen LogP contribution in [0.15, 0.2) is 18.2 Å². The quantitative estimate of drug-likeness (QED) is 0.691. The molecular weight excluding hydrogens is 341 g/mol. The smallest absolute Gasteiger partial charge is 0.230 e. The Bertz CT molecular complexity index is 475. The first-order valence-corrected chi connectivity index (χ1v) is 10.1. The molecule has 2 nitrogen and oxygen atoms in total. The van der Waals surface area contributed by atoms with Crippen LogP contribution in [-0.2, 0) is 10.5 Å². The molecule has 0 saturated heterocycles. The highest BCUT2D eigenvalue weighted by atomic mass is 35.5. The molecule has 1 saturated carbocycles. The van der Waals surface area contributed by atoms with Gasteiger partial charge in [-0.3, -0.25) is 4.79 Å². The summed E-state index contributed by atoms with van der Waals surface area (Å²) in [6, 6.07) is 4.64. The minimum atomic E-state index is -0.312. The number of thioether (sulfide) groups is 2. The molecule has 22 heavy (non-hydrogen) atoms. The van der Waals surface area contributed by atoms with E-state index in [-0.39, 0.29) is 11.7 Å². The van der Waals surface area contributed by atoms with Gasteiger partial charge in [-0.05, 0) is 25.0 Å². The van der Waals surface area contributed by atoms with Gasteiger partial charge in [-0.1, -0.05) is 30.5 Å². The van der Waals surface area contributed by atoms with Gasteiger partial charge in [0.25, 0.3) is 0 Å². The monoisotopic (exact) mass is 361 g/mol. The van der Waals surface area contributed by atoms with Crippen LogP contribution in [0.1, 0.15) is 31.2 Å². The van der Waals surface area contributed by atoms with Crippen LogP contribution in [0.2, 0.25) is 5.02 Å². The molecule has 1 aliphatic carbocycles. The van der Waals surface area contributed by atoms with E-state index in [2.05, 4.69) is 5.32 Å². The number of carbonyl (C=O) groups is 1.